The molecular weight excluding hydrogens is 284 g/mol. The topological polar surface area (TPSA) is 76.7 Å². The lowest BCUT2D eigenvalue weighted by atomic mass is 10.2. The van der Waals surface area contributed by atoms with Crippen molar-refractivity contribution in [1.29, 1.82) is 0 Å². The fourth-order valence-corrected chi connectivity index (χ4v) is 1.69. The minimum Gasteiger partial charge on any atom is -0.495 e. The van der Waals surface area contributed by atoms with E-state index in [4.69, 9.17) is 9.47 Å². The largest absolute Gasteiger partial charge is 0.495 e. The number of alkyl carbamates (subject to hydrolysis) is 1. The molecule has 1 atom stereocenters. The van der Waals surface area contributed by atoms with E-state index in [0.717, 1.165) is 5.56 Å². The lowest BCUT2D eigenvalue weighted by Crippen LogP contribution is -2.42. The van der Waals surface area contributed by atoms with Crippen LogP contribution < -0.4 is 15.4 Å². The molecule has 1 aromatic carbocycles. The van der Waals surface area contributed by atoms with E-state index in [2.05, 4.69) is 10.6 Å². The van der Waals surface area contributed by atoms with Crippen LogP contribution >= 0.6 is 0 Å². The Kier molecular flexibility index (Phi) is 6.69. The number of hydrogen-bond donors (Lipinski definition) is 2. The van der Waals surface area contributed by atoms with Gasteiger partial charge in [-0.1, -0.05) is 19.9 Å². The molecule has 2 amide bonds. The van der Waals surface area contributed by atoms with Crippen LogP contribution in [0.15, 0.2) is 18.2 Å². The highest BCUT2D eigenvalue weighted by Crippen LogP contribution is 2.25. The van der Waals surface area contributed by atoms with Crippen LogP contribution in [-0.4, -0.2) is 31.8 Å². The first-order valence-electron chi connectivity index (χ1n) is 7.22. The summed E-state index contributed by atoms with van der Waals surface area (Å²) in [7, 11) is 1.53. The monoisotopic (exact) mass is 308 g/mol. The third-order valence-electron chi connectivity index (χ3n) is 2.89. The Morgan fingerprint density at radius 3 is 2.50 bits per heavy atom. The molecule has 0 fully saturated rings. The molecule has 6 nitrogen and oxygen atoms in total. The predicted octanol–water partition coefficient (Wildman–Crippen LogP) is 2.71. The molecule has 122 valence electrons. The summed E-state index contributed by atoms with van der Waals surface area (Å²) in [5.74, 6) is 0.463. The smallest absolute Gasteiger partial charge is 0.407 e. The van der Waals surface area contributed by atoms with E-state index >= 15 is 0 Å². The van der Waals surface area contributed by atoms with Gasteiger partial charge in [0.15, 0.2) is 0 Å². The number of carbonyl (C=O) groups excluding carboxylic acids is 2. The van der Waals surface area contributed by atoms with Crippen LogP contribution in [0.4, 0.5) is 10.5 Å². The highest BCUT2D eigenvalue weighted by atomic mass is 16.5. The Morgan fingerprint density at radius 2 is 1.91 bits per heavy atom. The zero-order valence-electron chi connectivity index (χ0n) is 13.7. The van der Waals surface area contributed by atoms with Crippen molar-refractivity contribution >= 4 is 17.7 Å². The maximum atomic E-state index is 12.1. The molecule has 0 saturated heterocycles. The van der Waals surface area contributed by atoms with Crippen LogP contribution in [0.5, 0.6) is 5.75 Å². The minimum atomic E-state index is -0.718. The molecule has 0 bridgehead atoms. The average Bonchev–Trinajstić information content (AvgIpc) is 2.45. The van der Waals surface area contributed by atoms with E-state index in [-0.39, 0.29) is 11.8 Å². The highest BCUT2D eigenvalue weighted by molar-refractivity contribution is 5.97. The van der Waals surface area contributed by atoms with Crippen LogP contribution in [0.3, 0.4) is 0 Å². The van der Waals surface area contributed by atoms with Gasteiger partial charge in [0.2, 0.25) is 5.91 Å². The van der Waals surface area contributed by atoms with E-state index in [1.165, 1.54) is 7.11 Å². The Hall–Kier alpha value is -2.24. The van der Waals surface area contributed by atoms with Gasteiger partial charge in [-0.25, -0.2) is 4.79 Å². The van der Waals surface area contributed by atoms with Crippen molar-refractivity contribution in [2.75, 3.05) is 19.0 Å². The summed E-state index contributed by atoms with van der Waals surface area (Å²) < 4.78 is 10.2. The molecular formula is C16H24N2O4. The van der Waals surface area contributed by atoms with Crippen molar-refractivity contribution in [3.05, 3.63) is 23.8 Å². The van der Waals surface area contributed by atoms with Crippen LogP contribution in [0.2, 0.25) is 0 Å². The first-order valence-corrected chi connectivity index (χ1v) is 7.22. The number of nitrogens with one attached hydrogen (secondary N) is 2. The number of methoxy groups -OCH3 is 1. The van der Waals surface area contributed by atoms with Gasteiger partial charge in [0.05, 0.1) is 19.4 Å². The molecule has 0 aliphatic heterocycles. The van der Waals surface area contributed by atoms with Crippen molar-refractivity contribution in [2.45, 2.75) is 33.7 Å². The molecule has 1 rings (SSSR count). The number of hydrogen-bond acceptors (Lipinski definition) is 4. The van der Waals surface area contributed by atoms with E-state index in [9.17, 15) is 9.59 Å². The molecule has 0 spiro atoms. The summed E-state index contributed by atoms with van der Waals surface area (Å²) in [5.41, 5.74) is 1.56. The number of ether oxygens (including phenoxy) is 2. The second-order valence-electron chi connectivity index (χ2n) is 5.55. The summed E-state index contributed by atoms with van der Waals surface area (Å²) in [6.45, 7) is 7.70. The van der Waals surface area contributed by atoms with Crippen LogP contribution in [-0.2, 0) is 9.53 Å². The van der Waals surface area contributed by atoms with Gasteiger partial charge in [0.25, 0.3) is 0 Å². The van der Waals surface area contributed by atoms with E-state index in [1.54, 1.807) is 19.1 Å². The molecule has 22 heavy (non-hydrogen) atoms. The number of aryl methyl sites for hydroxylation is 1. The van der Waals surface area contributed by atoms with Crippen molar-refractivity contribution in [3.8, 4) is 5.75 Å². The molecule has 1 unspecified atom stereocenters. The Bertz CT molecular complexity index is 529. The van der Waals surface area contributed by atoms with Gasteiger partial charge in [0.1, 0.15) is 11.8 Å². The van der Waals surface area contributed by atoms with Gasteiger partial charge < -0.3 is 20.1 Å². The van der Waals surface area contributed by atoms with Crippen LogP contribution in [0.1, 0.15) is 26.3 Å². The van der Waals surface area contributed by atoms with Crippen molar-refractivity contribution in [3.63, 3.8) is 0 Å². The van der Waals surface area contributed by atoms with Gasteiger partial charge in [0, 0.05) is 0 Å². The molecule has 0 saturated carbocycles. The normalized spacial score (nSPS) is 11.7. The highest BCUT2D eigenvalue weighted by Gasteiger charge is 2.18. The van der Waals surface area contributed by atoms with E-state index < -0.39 is 12.1 Å². The minimum absolute atomic E-state index is 0.242. The summed E-state index contributed by atoms with van der Waals surface area (Å²) in [4.78, 5) is 23.7. The summed E-state index contributed by atoms with van der Waals surface area (Å²) in [6, 6.07) is 4.75. The van der Waals surface area contributed by atoms with Crippen molar-refractivity contribution < 1.29 is 19.1 Å². The van der Waals surface area contributed by atoms with Crippen LogP contribution in [0, 0.1) is 12.8 Å². The van der Waals surface area contributed by atoms with Gasteiger partial charge in [-0.05, 0) is 37.5 Å². The first kappa shape index (κ1) is 17.8. The Morgan fingerprint density at radius 1 is 1.23 bits per heavy atom. The Labute approximate surface area is 131 Å². The third kappa shape index (κ3) is 5.63. The zero-order chi connectivity index (χ0) is 16.7. The average molecular weight is 308 g/mol. The van der Waals surface area contributed by atoms with Gasteiger partial charge in [-0.2, -0.15) is 0 Å². The quantitative estimate of drug-likeness (QED) is 0.847. The lowest BCUT2D eigenvalue weighted by Gasteiger charge is -2.16. The summed E-state index contributed by atoms with van der Waals surface area (Å²) in [5, 5.41) is 5.23. The number of amides is 2. The van der Waals surface area contributed by atoms with Crippen molar-refractivity contribution in [2.24, 2.45) is 5.92 Å². The number of rotatable bonds is 6. The maximum absolute atomic E-state index is 12.1. The molecule has 0 radical (unpaired) electrons. The van der Waals surface area contributed by atoms with E-state index in [0.29, 0.717) is 18.0 Å². The predicted molar refractivity (Wildman–Crippen MR) is 85.1 cm³/mol. The summed E-state index contributed by atoms with van der Waals surface area (Å²) >= 11 is 0. The standard InChI is InChI=1S/C16H24N2O4/c1-10(2)9-22-16(20)17-12(4)15(19)18-13-8-11(3)6-7-14(13)21-5/h6-8,10,12H,9H2,1-5H3,(H,17,20)(H,18,19). The molecule has 2 N–H and O–H groups in total. The number of benzene rings is 1. The zero-order valence-corrected chi connectivity index (χ0v) is 13.7. The van der Waals surface area contributed by atoms with Crippen molar-refractivity contribution in [1.82, 2.24) is 5.32 Å². The Balaban J connectivity index is 2.61. The van der Waals surface area contributed by atoms with Gasteiger partial charge >= 0.3 is 6.09 Å². The molecule has 0 aliphatic rings. The molecule has 0 aromatic heterocycles. The fraction of sp³-hybridized carbons (Fsp3) is 0.500. The molecule has 1 aromatic rings. The summed E-state index contributed by atoms with van der Waals surface area (Å²) in [6.07, 6.45) is -0.604. The number of carbonyl (C=O) groups is 2. The lowest BCUT2D eigenvalue weighted by molar-refractivity contribution is -0.117. The second kappa shape index (κ2) is 8.26. The molecule has 6 heteroatoms. The SMILES string of the molecule is COc1ccc(C)cc1NC(=O)C(C)NC(=O)OCC(C)C. The van der Waals surface area contributed by atoms with Gasteiger partial charge in [-0.15, -0.1) is 0 Å². The molecule has 0 aliphatic carbocycles. The number of anilines is 1. The van der Waals surface area contributed by atoms with Gasteiger partial charge in [-0.3, -0.25) is 4.79 Å². The van der Waals surface area contributed by atoms with E-state index in [1.807, 2.05) is 26.8 Å². The second-order valence-corrected chi connectivity index (χ2v) is 5.55. The maximum Gasteiger partial charge on any atom is 0.407 e. The molecule has 0 heterocycles. The van der Waals surface area contributed by atoms with Crippen LogP contribution in [0.25, 0.3) is 0 Å². The fourth-order valence-electron chi connectivity index (χ4n) is 1.69. The first-order chi connectivity index (χ1) is 10.3. The third-order valence-corrected chi connectivity index (χ3v) is 2.89.